The van der Waals surface area contributed by atoms with E-state index >= 15 is 0 Å². The Kier molecular flexibility index (Phi) is 5.49. The summed E-state index contributed by atoms with van der Waals surface area (Å²) in [6, 6.07) is 5.27. The molecular formula is C14H22N2O2. The lowest BCUT2D eigenvalue weighted by molar-refractivity contribution is 0.0752. The third-order valence-electron chi connectivity index (χ3n) is 2.75. The molecule has 0 aliphatic heterocycles. The fourth-order valence-corrected chi connectivity index (χ4v) is 1.98. The summed E-state index contributed by atoms with van der Waals surface area (Å²) in [5.74, 6) is 0.461. The lowest BCUT2D eigenvalue weighted by Gasteiger charge is -2.22. The van der Waals surface area contributed by atoms with Crippen LogP contribution < -0.4 is 10.5 Å². The maximum absolute atomic E-state index is 12.4. The monoisotopic (exact) mass is 250 g/mol. The topological polar surface area (TPSA) is 55.6 Å². The van der Waals surface area contributed by atoms with Gasteiger partial charge in [-0.25, -0.2) is 0 Å². The van der Waals surface area contributed by atoms with Crippen molar-refractivity contribution in [1.82, 2.24) is 4.90 Å². The number of nitrogen functional groups attached to an aromatic ring is 1. The van der Waals surface area contributed by atoms with Gasteiger partial charge >= 0.3 is 0 Å². The number of ether oxygens (including phenoxy) is 1. The zero-order valence-corrected chi connectivity index (χ0v) is 11.4. The molecule has 1 rings (SSSR count). The van der Waals surface area contributed by atoms with Crippen molar-refractivity contribution in [2.24, 2.45) is 0 Å². The molecule has 0 saturated heterocycles. The molecule has 0 spiro atoms. The van der Waals surface area contributed by atoms with Gasteiger partial charge in [0.25, 0.3) is 5.91 Å². The van der Waals surface area contributed by atoms with Crippen LogP contribution in [0.2, 0.25) is 0 Å². The van der Waals surface area contributed by atoms with Crippen molar-refractivity contribution in [3.05, 3.63) is 23.8 Å². The maximum Gasteiger partial charge on any atom is 0.257 e. The van der Waals surface area contributed by atoms with E-state index in [0.29, 0.717) is 17.0 Å². The molecule has 4 heteroatoms. The summed E-state index contributed by atoms with van der Waals surface area (Å²) in [6.45, 7) is 5.63. The van der Waals surface area contributed by atoms with Crippen molar-refractivity contribution in [2.75, 3.05) is 25.9 Å². The zero-order valence-electron chi connectivity index (χ0n) is 11.4. The van der Waals surface area contributed by atoms with Gasteiger partial charge in [0, 0.05) is 13.1 Å². The fourth-order valence-electron chi connectivity index (χ4n) is 1.98. The van der Waals surface area contributed by atoms with Gasteiger partial charge in [-0.2, -0.15) is 0 Å². The van der Waals surface area contributed by atoms with Crippen molar-refractivity contribution >= 4 is 11.6 Å². The first-order valence-corrected chi connectivity index (χ1v) is 6.37. The summed E-state index contributed by atoms with van der Waals surface area (Å²) < 4.78 is 5.23. The predicted molar refractivity (Wildman–Crippen MR) is 73.9 cm³/mol. The summed E-state index contributed by atoms with van der Waals surface area (Å²) in [5, 5.41) is 0. The zero-order chi connectivity index (χ0) is 13.5. The van der Waals surface area contributed by atoms with Crippen LogP contribution in [-0.4, -0.2) is 31.0 Å². The van der Waals surface area contributed by atoms with E-state index in [2.05, 4.69) is 13.8 Å². The molecule has 0 unspecified atom stereocenters. The Morgan fingerprint density at radius 2 is 1.89 bits per heavy atom. The van der Waals surface area contributed by atoms with Gasteiger partial charge in [0.2, 0.25) is 0 Å². The molecule has 1 aromatic carbocycles. The van der Waals surface area contributed by atoms with Crippen LogP contribution in [0.1, 0.15) is 37.0 Å². The molecule has 4 nitrogen and oxygen atoms in total. The molecule has 0 fully saturated rings. The van der Waals surface area contributed by atoms with Crippen LogP contribution >= 0.6 is 0 Å². The number of para-hydroxylation sites is 1. The average molecular weight is 250 g/mol. The summed E-state index contributed by atoms with van der Waals surface area (Å²) in [6.07, 6.45) is 1.88. The van der Waals surface area contributed by atoms with E-state index in [9.17, 15) is 4.79 Å². The second kappa shape index (κ2) is 6.89. The third kappa shape index (κ3) is 3.15. The predicted octanol–water partition coefficient (Wildman–Crippen LogP) is 2.54. The van der Waals surface area contributed by atoms with Crippen LogP contribution in [0.5, 0.6) is 5.75 Å². The van der Waals surface area contributed by atoms with Crippen molar-refractivity contribution in [1.29, 1.82) is 0 Å². The molecular weight excluding hydrogens is 228 g/mol. The van der Waals surface area contributed by atoms with E-state index in [0.717, 1.165) is 25.9 Å². The smallest absolute Gasteiger partial charge is 0.257 e. The first-order chi connectivity index (χ1) is 8.65. The molecule has 0 aliphatic carbocycles. The second-order valence-electron chi connectivity index (χ2n) is 4.22. The van der Waals surface area contributed by atoms with E-state index in [1.54, 1.807) is 18.2 Å². The van der Waals surface area contributed by atoms with Crippen molar-refractivity contribution in [2.45, 2.75) is 26.7 Å². The van der Waals surface area contributed by atoms with Crippen molar-refractivity contribution in [3.8, 4) is 5.75 Å². The Labute approximate surface area is 109 Å². The number of carbonyl (C=O) groups is 1. The number of carbonyl (C=O) groups excluding carboxylic acids is 1. The third-order valence-corrected chi connectivity index (χ3v) is 2.75. The van der Waals surface area contributed by atoms with Gasteiger partial charge in [0.1, 0.15) is 0 Å². The van der Waals surface area contributed by atoms with Gasteiger partial charge in [0.05, 0.1) is 18.4 Å². The molecule has 0 heterocycles. The number of methoxy groups -OCH3 is 1. The Hall–Kier alpha value is -1.71. The highest BCUT2D eigenvalue weighted by Crippen LogP contribution is 2.27. The van der Waals surface area contributed by atoms with E-state index in [1.165, 1.54) is 7.11 Å². The molecule has 0 aliphatic rings. The van der Waals surface area contributed by atoms with E-state index in [-0.39, 0.29) is 5.91 Å². The number of amides is 1. The number of rotatable bonds is 6. The van der Waals surface area contributed by atoms with Crippen LogP contribution in [-0.2, 0) is 0 Å². The molecule has 18 heavy (non-hydrogen) atoms. The first-order valence-electron chi connectivity index (χ1n) is 6.37. The molecule has 0 atom stereocenters. The van der Waals surface area contributed by atoms with Gasteiger partial charge in [-0.05, 0) is 25.0 Å². The van der Waals surface area contributed by atoms with Crippen molar-refractivity contribution < 1.29 is 9.53 Å². The maximum atomic E-state index is 12.4. The second-order valence-corrected chi connectivity index (χ2v) is 4.22. The minimum absolute atomic E-state index is 0.0112. The van der Waals surface area contributed by atoms with Gasteiger partial charge in [-0.1, -0.05) is 19.9 Å². The van der Waals surface area contributed by atoms with Crippen LogP contribution in [0.4, 0.5) is 5.69 Å². The summed E-state index contributed by atoms with van der Waals surface area (Å²) in [7, 11) is 1.53. The van der Waals surface area contributed by atoms with Gasteiger partial charge in [0.15, 0.2) is 5.75 Å². The number of benzene rings is 1. The highest BCUT2D eigenvalue weighted by Gasteiger charge is 2.19. The minimum Gasteiger partial charge on any atom is -0.494 e. The van der Waals surface area contributed by atoms with Crippen LogP contribution in [0.3, 0.4) is 0 Å². The van der Waals surface area contributed by atoms with Gasteiger partial charge < -0.3 is 15.4 Å². The van der Waals surface area contributed by atoms with Crippen LogP contribution in [0.25, 0.3) is 0 Å². The number of hydrogen-bond donors (Lipinski definition) is 1. The van der Waals surface area contributed by atoms with Crippen LogP contribution in [0.15, 0.2) is 18.2 Å². The van der Waals surface area contributed by atoms with Crippen LogP contribution in [0, 0.1) is 0 Å². The molecule has 1 amide bonds. The molecule has 0 aromatic heterocycles. The SMILES string of the molecule is CCCN(CCC)C(=O)c1cccc(N)c1OC. The summed E-state index contributed by atoms with van der Waals surface area (Å²) >= 11 is 0. The van der Waals surface area contributed by atoms with E-state index < -0.39 is 0 Å². The normalized spacial score (nSPS) is 10.2. The van der Waals surface area contributed by atoms with Crippen molar-refractivity contribution in [3.63, 3.8) is 0 Å². The molecule has 0 radical (unpaired) electrons. The van der Waals surface area contributed by atoms with Gasteiger partial charge in [-0.3, -0.25) is 4.79 Å². The lowest BCUT2D eigenvalue weighted by Crippen LogP contribution is -2.32. The molecule has 2 N–H and O–H groups in total. The quantitative estimate of drug-likeness (QED) is 0.789. The Morgan fingerprint density at radius 3 is 2.39 bits per heavy atom. The van der Waals surface area contributed by atoms with Gasteiger partial charge in [-0.15, -0.1) is 0 Å². The lowest BCUT2D eigenvalue weighted by atomic mass is 10.1. The average Bonchev–Trinajstić information content (AvgIpc) is 2.37. The Balaban J connectivity index is 3.04. The summed E-state index contributed by atoms with van der Waals surface area (Å²) in [5.41, 5.74) is 6.86. The molecule has 100 valence electrons. The highest BCUT2D eigenvalue weighted by molar-refractivity contribution is 5.98. The standard InChI is InChI=1S/C14H22N2O2/c1-4-9-16(10-5-2)14(17)11-7-6-8-12(15)13(11)18-3/h6-8H,4-5,9-10,15H2,1-3H3. The largest absolute Gasteiger partial charge is 0.494 e. The van der Waals surface area contributed by atoms with E-state index in [4.69, 9.17) is 10.5 Å². The fraction of sp³-hybridized carbons (Fsp3) is 0.500. The highest BCUT2D eigenvalue weighted by atomic mass is 16.5. The number of nitrogens with zero attached hydrogens (tertiary/aromatic N) is 1. The first kappa shape index (κ1) is 14.4. The summed E-state index contributed by atoms with van der Waals surface area (Å²) in [4.78, 5) is 14.3. The molecule has 0 saturated carbocycles. The molecule has 1 aromatic rings. The minimum atomic E-state index is -0.0112. The number of nitrogens with two attached hydrogens (primary N) is 1. The molecule has 0 bridgehead atoms. The number of hydrogen-bond acceptors (Lipinski definition) is 3. The Bertz CT molecular complexity index is 399. The number of anilines is 1. The van der Waals surface area contributed by atoms with E-state index in [1.807, 2.05) is 4.90 Å². The Morgan fingerprint density at radius 1 is 1.28 bits per heavy atom.